The van der Waals surface area contributed by atoms with Crippen molar-refractivity contribution in [3.63, 3.8) is 0 Å². The lowest BCUT2D eigenvalue weighted by molar-refractivity contribution is -0.137. The zero-order chi connectivity index (χ0) is 31.3. The van der Waals surface area contributed by atoms with Crippen LogP contribution in [0.15, 0.2) is 47.3 Å². The van der Waals surface area contributed by atoms with Gasteiger partial charge in [0.15, 0.2) is 0 Å². The van der Waals surface area contributed by atoms with E-state index in [1.807, 2.05) is 4.90 Å². The third kappa shape index (κ3) is 8.73. The quantitative estimate of drug-likeness (QED) is 0.122. The number of pyridine rings is 2. The van der Waals surface area contributed by atoms with Crippen molar-refractivity contribution in [3.05, 3.63) is 69.9 Å². The first-order valence-electron chi connectivity index (χ1n) is 13.6. The van der Waals surface area contributed by atoms with Crippen LogP contribution in [0.2, 0.25) is 0 Å². The maximum atomic E-state index is 14.7. The summed E-state index contributed by atoms with van der Waals surface area (Å²) in [6.07, 6.45) is -0.900. The van der Waals surface area contributed by atoms with Crippen molar-refractivity contribution in [2.75, 3.05) is 31.5 Å². The SMILES string of the molecule is N/C(=C\N(N)CC(F)CCn1ccc(NC(=O)CN2CC3CC(C3)C2)c(F)c1=O)C(=O)NCc1cc(C(F)(F)F)ccn1. The van der Waals surface area contributed by atoms with Crippen molar-refractivity contribution >= 4 is 17.5 Å². The fourth-order valence-corrected chi connectivity index (χ4v) is 5.23. The minimum atomic E-state index is -4.57. The Labute approximate surface area is 243 Å². The highest BCUT2D eigenvalue weighted by molar-refractivity contribution is 5.92. The molecule has 0 spiro atoms. The average Bonchev–Trinajstić information content (AvgIpc) is 2.93. The number of rotatable bonds is 12. The van der Waals surface area contributed by atoms with E-state index in [2.05, 4.69) is 15.6 Å². The number of amides is 2. The minimum Gasteiger partial charge on any atom is -0.393 e. The molecule has 11 nitrogen and oxygen atoms in total. The van der Waals surface area contributed by atoms with E-state index < -0.39 is 53.3 Å². The molecule has 1 unspecified atom stereocenters. The number of nitrogens with zero attached hydrogens (tertiary/aromatic N) is 4. The number of alkyl halides is 4. The molecule has 4 heterocycles. The van der Waals surface area contributed by atoms with Gasteiger partial charge in [-0.1, -0.05) is 0 Å². The van der Waals surface area contributed by atoms with Gasteiger partial charge in [0.2, 0.25) is 11.7 Å². The maximum Gasteiger partial charge on any atom is 0.416 e. The minimum absolute atomic E-state index is 0.0554. The van der Waals surface area contributed by atoms with Crippen molar-refractivity contribution < 1.29 is 31.5 Å². The first-order valence-corrected chi connectivity index (χ1v) is 13.6. The summed E-state index contributed by atoms with van der Waals surface area (Å²) < 4.78 is 68.7. The fourth-order valence-electron chi connectivity index (χ4n) is 5.23. The highest BCUT2D eigenvalue weighted by atomic mass is 19.4. The third-order valence-corrected chi connectivity index (χ3v) is 7.35. The number of halogens is 5. The van der Waals surface area contributed by atoms with Crippen molar-refractivity contribution in [1.29, 1.82) is 0 Å². The molecule has 1 aliphatic carbocycles. The number of carbonyl (C=O) groups is 2. The van der Waals surface area contributed by atoms with Gasteiger partial charge in [0.1, 0.15) is 11.9 Å². The molecule has 2 amide bonds. The van der Waals surface area contributed by atoms with Gasteiger partial charge in [-0.05, 0) is 49.3 Å². The zero-order valence-electron chi connectivity index (χ0n) is 23.1. The molecule has 16 heteroatoms. The van der Waals surface area contributed by atoms with Gasteiger partial charge in [0, 0.05) is 38.2 Å². The molecule has 2 aromatic rings. The first-order chi connectivity index (χ1) is 20.3. The normalized spacial score (nSPS) is 19.3. The van der Waals surface area contributed by atoms with Crippen LogP contribution < -0.4 is 27.8 Å². The third-order valence-electron chi connectivity index (χ3n) is 7.35. The Bertz CT molecular complexity index is 1400. The van der Waals surface area contributed by atoms with Gasteiger partial charge in [0.05, 0.1) is 36.6 Å². The Kier molecular flexibility index (Phi) is 10.0. The number of aryl methyl sites for hydroxylation is 1. The highest BCUT2D eigenvalue weighted by Gasteiger charge is 2.37. The van der Waals surface area contributed by atoms with Crippen LogP contribution in [0.1, 0.15) is 30.5 Å². The summed E-state index contributed by atoms with van der Waals surface area (Å²) in [6.45, 7) is 0.791. The van der Waals surface area contributed by atoms with Crippen molar-refractivity contribution in [2.45, 2.75) is 44.7 Å². The largest absolute Gasteiger partial charge is 0.416 e. The maximum absolute atomic E-state index is 14.7. The summed E-state index contributed by atoms with van der Waals surface area (Å²) in [5, 5.41) is 5.53. The van der Waals surface area contributed by atoms with Crippen LogP contribution in [-0.2, 0) is 28.9 Å². The first kappa shape index (κ1) is 31.9. The number of carbonyl (C=O) groups excluding carboxylic acids is 2. The molecule has 2 saturated heterocycles. The van der Waals surface area contributed by atoms with Crippen molar-refractivity contribution in [1.82, 2.24) is 24.8 Å². The molecular weight excluding hydrogens is 579 g/mol. The van der Waals surface area contributed by atoms with E-state index in [4.69, 9.17) is 11.6 Å². The lowest BCUT2D eigenvalue weighted by Crippen LogP contribution is -2.50. The Morgan fingerprint density at radius 3 is 2.58 bits per heavy atom. The average molecular weight is 613 g/mol. The molecule has 5 rings (SSSR count). The molecule has 0 aromatic carbocycles. The van der Waals surface area contributed by atoms with E-state index in [0.717, 1.165) is 47.2 Å². The molecule has 0 radical (unpaired) electrons. The summed E-state index contributed by atoms with van der Waals surface area (Å²) in [5.41, 5.74) is 2.96. The predicted molar refractivity (Wildman–Crippen MR) is 146 cm³/mol. The molecule has 1 saturated carbocycles. The number of hydrogen-bond donors (Lipinski definition) is 4. The Balaban J connectivity index is 1.21. The van der Waals surface area contributed by atoms with Crippen molar-refractivity contribution in [2.24, 2.45) is 23.4 Å². The van der Waals surface area contributed by atoms with E-state index >= 15 is 0 Å². The molecule has 3 fully saturated rings. The number of aromatic nitrogens is 2. The van der Waals surface area contributed by atoms with Gasteiger partial charge in [0.25, 0.3) is 11.5 Å². The van der Waals surface area contributed by atoms with E-state index in [9.17, 15) is 36.3 Å². The number of fused-ring (bicyclic) bond motifs is 2. The van der Waals surface area contributed by atoms with Gasteiger partial charge >= 0.3 is 6.18 Å². The molecule has 2 bridgehead atoms. The standard InChI is InChI=1S/C27H33F5N8O3/c28-19(13-40(34)14-21(33)25(42)36-10-20-9-18(1-4-35-20)27(30,31)32)2-5-39-6-3-22(24(29)26(39)43)37-23(41)15-38-11-16-7-17(8-16)12-38/h1,3-4,6,9,14,16-17,19H,2,5,7-8,10-13,15,33-34H2,(H,36,42)(H,37,41)/b21-14-. The molecule has 2 aliphatic heterocycles. The van der Waals surface area contributed by atoms with Crippen LogP contribution >= 0.6 is 0 Å². The lowest BCUT2D eigenvalue weighted by atomic mass is 9.71. The Morgan fingerprint density at radius 1 is 1.21 bits per heavy atom. The Hall–Kier alpha value is -4.05. The summed E-state index contributed by atoms with van der Waals surface area (Å²) in [6, 6.07) is 2.81. The summed E-state index contributed by atoms with van der Waals surface area (Å²) >= 11 is 0. The van der Waals surface area contributed by atoms with Gasteiger partial charge in [-0.15, -0.1) is 0 Å². The number of nitrogens with two attached hydrogens (primary N) is 2. The zero-order valence-corrected chi connectivity index (χ0v) is 23.1. The smallest absolute Gasteiger partial charge is 0.393 e. The lowest BCUT2D eigenvalue weighted by Gasteiger charge is -2.46. The molecule has 1 atom stereocenters. The molecular formula is C27H33F5N8O3. The molecule has 43 heavy (non-hydrogen) atoms. The number of hydrogen-bond acceptors (Lipinski definition) is 8. The number of anilines is 1. The molecule has 6 N–H and O–H groups in total. The van der Waals surface area contributed by atoms with Crippen LogP contribution in [0.3, 0.4) is 0 Å². The van der Waals surface area contributed by atoms with Gasteiger partial charge < -0.3 is 25.9 Å². The topological polar surface area (TPSA) is 152 Å². The second kappa shape index (κ2) is 13.5. The number of hydrazine groups is 1. The summed E-state index contributed by atoms with van der Waals surface area (Å²) in [4.78, 5) is 42.7. The van der Waals surface area contributed by atoms with Gasteiger partial charge in [-0.3, -0.25) is 24.3 Å². The fraction of sp³-hybridized carbons (Fsp3) is 0.481. The molecule has 234 valence electrons. The predicted octanol–water partition coefficient (Wildman–Crippen LogP) is 1.70. The van der Waals surface area contributed by atoms with E-state index in [1.165, 1.54) is 25.1 Å². The van der Waals surface area contributed by atoms with Gasteiger partial charge in [-0.25, -0.2) is 10.2 Å². The number of piperidine rings is 2. The Morgan fingerprint density at radius 2 is 1.91 bits per heavy atom. The number of nitrogens with one attached hydrogen (secondary N) is 2. The van der Waals surface area contributed by atoms with Crippen LogP contribution in [0.5, 0.6) is 0 Å². The van der Waals surface area contributed by atoms with E-state index in [1.54, 1.807) is 0 Å². The summed E-state index contributed by atoms with van der Waals surface area (Å²) in [7, 11) is 0. The second-order valence-corrected chi connectivity index (χ2v) is 10.9. The summed E-state index contributed by atoms with van der Waals surface area (Å²) in [5.74, 6) is 4.47. The van der Waals surface area contributed by atoms with Crippen LogP contribution in [0.25, 0.3) is 0 Å². The van der Waals surface area contributed by atoms with Crippen LogP contribution in [0.4, 0.5) is 27.6 Å². The van der Waals surface area contributed by atoms with Crippen LogP contribution in [0, 0.1) is 17.7 Å². The highest BCUT2D eigenvalue weighted by Crippen LogP contribution is 2.39. The molecule has 3 aliphatic rings. The monoisotopic (exact) mass is 612 g/mol. The van der Waals surface area contributed by atoms with Gasteiger partial charge in [-0.2, -0.15) is 17.6 Å². The van der Waals surface area contributed by atoms with Crippen molar-refractivity contribution in [3.8, 4) is 0 Å². The van der Waals surface area contributed by atoms with Crippen LogP contribution in [-0.4, -0.2) is 63.6 Å². The van der Waals surface area contributed by atoms with E-state index in [-0.39, 0.29) is 37.4 Å². The second-order valence-electron chi connectivity index (χ2n) is 10.9. The van der Waals surface area contributed by atoms with E-state index in [0.29, 0.717) is 11.8 Å². The molecule has 2 aromatic heterocycles.